The molecule has 1 rings (SSSR count). The first-order valence-electron chi connectivity index (χ1n) is 5.26. The molecule has 5 nitrogen and oxygen atoms in total. The van der Waals surface area contributed by atoms with Gasteiger partial charge in [-0.15, -0.1) is 0 Å². The van der Waals surface area contributed by atoms with E-state index in [-0.39, 0.29) is 24.1 Å². The minimum Gasteiger partial charge on any atom is -0.436 e. The van der Waals surface area contributed by atoms with E-state index in [9.17, 15) is 4.79 Å². The van der Waals surface area contributed by atoms with Crippen molar-refractivity contribution in [3.63, 3.8) is 0 Å². The number of ether oxygens (including phenoxy) is 2. The number of carbonyl (C=O) groups excluding carboxylic acids is 1. The highest BCUT2D eigenvalue weighted by Crippen LogP contribution is 2.30. The summed E-state index contributed by atoms with van der Waals surface area (Å²) in [7, 11) is 0. The molecule has 2 N–H and O–H groups in total. The zero-order chi connectivity index (χ0) is 11.4. The van der Waals surface area contributed by atoms with Gasteiger partial charge in [-0.25, -0.2) is 5.90 Å². The number of esters is 1. The average Bonchev–Trinajstić information content (AvgIpc) is 2.49. The van der Waals surface area contributed by atoms with Crippen LogP contribution in [0.15, 0.2) is 0 Å². The van der Waals surface area contributed by atoms with Gasteiger partial charge in [-0.05, 0) is 12.8 Å². The standard InChI is InChI=1S/C10H19NO4/c1-4-8(15-11)9-5-6(2)10(14-9)13-7(3)12/h6,8-10H,4-5,11H2,1-3H3/t6-,8+,9+,10?/m1/s1. The van der Waals surface area contributed by atoms with Gasteiger partial charge in [0.05, 0.1) is 6.10 Å². The van der Waals surface area contributed by atoms with Gasteiger partial charge in [-0.1, -0.05) is 13.8 Å². The number of carbonyl (C=O) groups is 1. The highest BCUT2D eigenvalue weighted by atomic mass is 16.7. The fourth-order valence-electron chi connectivity index (χ4n) is 1.83. The van der Waals surface area contributed by atoms with E-state index < -0.39 is 6.29 Å². The maximum Gasteiger partial charge on any atom is 0.304 e. The molecular formula is C10H19NO4. The van der Waals surface area contributed by atoms with Gasteiger partial charge in [-0.2, -0.15) is 0 Å². The molecule has 1 aliphatic heterocycles. The molecule has 1 saturated heterocycles. The Bertz CT molecular complexity index is 217. The summed E-state index contributed by atoms with van der Waals surface area (Å²) in [4.78, 5) is 15.6. The fraction of sp³-hybridized carbons (Fsp3) is 0.900. The summed E-state index contributed by atoms with van der Waals surface area (Å²) in [5.74, 6) is 5.03. The predicted molar refractivity (Wildman–Crippen MR) is 53.6 cm³/mol. The summed E-state index contributed by atoms with van der Waals surface area (Å²) in [5.41, 5.74) is 0. The van der Waals surface area contributed by atoms with Crippen molar-refractivity contribution in [2.24, 2.45) is 11.8 Å². The highest BCUT2D eigenvalue weighted by Gasteiger charge is 2.38. The van der Waals surface area contributed by atoms with Crippen molar-refractivity contribution < 1.29 is 19.1 Å². The average molecular weight is 217 g/mol. The van der Waals surface area contributed by atoms with E-state index in [1.807, 2.05) is 13.8 Å². The third-order valence-corrected chi connectivity index (χ3v) is 2.65. The molecule has 5 heteroatoms. The first-order chi connectivity index (χ1) is 7.08. The molecule has 0 aromatic rings. The van der Waals surface area contributed by atoms with Gasteiger partial charge in [0.1, 0.15) is 6.10 Å². The summed E-state index contributed by atoms with van der Waals surface area (Å²) < 4.78 is 10.6. The number of hydrogen-bond acceptors (Lipinski definition) is 5. The molecule has 0 aromatic carbocycles. The smallest absolute Gasteiger partial charge is 0.304 e. The first-order valence-corrected chi connectivity index (χ1v) is 5.26. The first kappa shape index (κ1) is 12.4. The predicted octanol–water partition coefficient (Wildman–Crippen LogP) is 0.969. The Hall–Kier alpha value is -0.650. The van der Waals surface area contributed by atoms with Crippen LogP contribution in [0.25, 0.3) is 0 Å². The van der Waals surface area contributed by atoms with Crippen molar-refractivity contribution in [3.05, 3.63) is 0 Å². The van der Waals surface area contributed by atoms with Crippen LogP contribution in [0.1, 0.15) is 33.6 Å². The molecule has 0 radical (unpaired) electrons. The maximum absolute atomic E-state index is 10.8. The third-order valence-electron chi connectivity index (χ3n) is 2.65. The van der Waals surface area contributed by atoms with E-state index in [1.165, 1.54) is 6.92 Å². The van der Waals surface area contributed by atoms with Crippen molar-refractivity contribution in [2.75, 3.05) is 0 Å². The molecule has 0 amide bonds. The zero-order valence-corrected chi connectivity index (χ0v) is 9.43. The number of nitrogens with two attached hydrogens (primary N) is 1. The lowest BCUT2D eigenvalue weighted by Crippen LogP contribution is -2.31. The molecule has 0 saturated carbocycles. The van der Waals surface area contributed by atoms with E-state index in [0.29, 0.717) is 0 Å². The molecule has 0 aromatic heterocycles. The van der Waals surface area contributed by atoms with E-state index in [4.69, 9.17) is 20.2 Å². The Morgan fingerprint density at radius 3 is 2.80 bits per heavy atom. The molecule has 1 heterocycles. The number of rotatable bonds is 4. The molecule has 88 valence electrons. The monoisotopic (exact) mass is 217 g/mol. The minimum atomic E-state index is -0.461. The molecule has 0 aliphatic carbocycles. The van der Waals surface area contributed by atoms with Crippen LogP contribution in [-0.2, 0) is 19.1 Å². The summed E-state index contributed by atoms with van der Waals surface area (Å²) in [5, 5.41) is 0. The topological polar surface area (TPSA) is 70.8 Å². The van der Waals surface area contributed by atoms with E-state index >= 15 is 0 Å². The second-order valence-corrected chi connectivity index (χ2v) is 3.95. The largest absolute Gasteiger partial charge is 0.436 e. The van der Waals surface area contributed by atoms with Crippen molar-refractivity contribution in [1.29, 1.82) is 0 Å². The van der Waals surface area contributed by atoms with Crippen molar-refractivity contribution in [2.45, 2.75) is 52.1 Å². The summed E-state index contributed by atoms with van der Waals surface area (Å²) in [6.45, 7) is 5.34. The van der Waals surface area contributed by atoms with Crippen LogP contribution in [0.3, 0.4) is 0 Å². The molecule has 4 atom stereocenters. The lowest BCUT2D eigenvalue weighted by molar-refractivity contribution is -0.187. The molecule has 1 fully saturated rings. The molecule has 0 spiro atoms. The summed E-state index contributed by atoms with van der Waals surface area (Å²) >= 11 is 0. The van der Waals surface area contributed by atoms with Crippen molar-refractivity contribution in [3.8, 4) is 0 Å². The van der Waals surface area contributed by atoms with Crippen LogP contribution in [-0.4, -0.2) is 24.5 Å². The minimum absolute atomic E-state index is 0.0839. The SMILES string of the molecule is CC[C@H](ON)[C@@H]1C[C@@H](C)C(OC(C)=O)O1. The molecule has 0 bridgehead atoms. The summed E-state index contributed by atoms with van der Waals surface area (Å²) in [6.07, 6.45) is 0.901. The van der Waals surface area contributed by atoms with Crippen LogP contribution >= 0.6 is 0 Å². The summed E-state index contributed by atoms with van der Waals surface area (Å²) in [6, 6.07) is 0. The van der Waals surface area contributed by atoms with Crippen molar-refractivity contribution >= 4 is 5.97 Å². The Labute approximate surface area is 89.8 Å². The molecule has 15 heavy (non-hydrogen) atoms. The Balaban J connectivity index is 2.50. The third kappa shape index (κ3) is 3.15. The Morgan fingerprint density at radius 2 is 2.33 bits per heavy atom. The highest BCUT2D eigenvalue weighted by molar-refractivity contribution is 5.66. The van der Waals surface area contributed by atoms with Crippen LogP contribution in [0.4, 0.5) is 0 Å². The lowest BCUT2D eigenvalue weighted by atomic mass is 10.0. The van der Waals surface area contributed by atoms with E-state index in [2.05, 4.69) is 0 Å². The van der Waals surface area contributed by atoms with Crippen LogP contribution in [0.2, 0.25) is 0 Å². The maximum atomic E-state index is 10.8. The van der Waals surface area contributed by atoms with Gasteiger partial charge < -0.3 is 9.47 Å². The lowest BCUT2D eigenvalue weighted by Gasteiger charge is -2.20. The molecule has 1 aliphatic rings. The van der Waals surface area contributed by atoms with E-state index in [1.54, 1.807) is 0 Å². The Kier molecular flexibility index (Phi) is 4.50. The van der Waals surface area contributed by atoms with Gasteiger partial charge in [0.25, 0.3) is 0 Å². The normalized spacial score (nSPS) is 32.7. The molecule has 1 unspecified atom stereocenters. The second-order valence-electron chi connectivity index (χ2n) is 3.95. The zero-order valence-electron chi connectivity index (χ0n) is 9.43. The van der Waals surface area contributed by atoms with Crippen LogP contribution in [0, 0.1) is 5.92 Å². The van der Waals surface area contributed by atoms with Crippen LogP contribution in [0.5, 0.6) is 0 Å². The van der Waals surface area contributed by atoms with Gasteiger partial charge in [0, 0.05) is 12.8 Å². The van der Waals surface area contributed by atoms with Crippen LogP contribution < -0.4 is 5.90 Å². The van der Waals surface area contributed by atoms with Gasteiger partial charge in [0.15, 0.2) is 0 Å². The van der Waals surface area contributed by atoms with E-state index in [0.717, 1.165) is 12.8 Å². The quantitative estimate of drug-likeness (QED) is 0.561. The van der Waals surface area contributed by atoms with Gasteiger partial charge >= 0.3 is 5.97 Å². The Morgan fingerprint density at radius 1 is 1.67 bits per heavy atom. The van der Waals surface area contributed by atoms with Gasteiger partial charge in [0.2, 0.25) is 6.29 Å². The second kappa shape index (κ2) is 5.44. The fourth-order valence-corrected chi connectivity index (χ4v) is 1.83. The number of hydrogen-bond donors (Lipinski definition) is 1. The van der Waals surface area contributed by atoms with Gasteiger partial charge in [-0.3, -0.25) is 9.63 Å². The van der Waals surface area contributed by atoms with Crippen molar-refractivity contribution in [1.82, 2.24) is 0 Å². The molecular weight excluding hydrogens is 198 g/mol.